The predicted molar refractivity (Wildman–Crippen MR) is 107 cm³/mol. The molecule has 2 aromatic carbocycles. The molecule has 0 bridgehead atoms. The molecule has 0 aliphatic heterocycles. The quantitative estimate of drug-likeness (QED) is 0.329. The number of urea groups is 1. The summed E-state index contributed by atoms with van der Waals surface area (Å²) in [6.45, 7) is -0.752. The molecule has 3 rings (SSSR count). The van der Waals surface area contributed by atoms with Crippen LogP contribution in [0.25, 0.3) is 5.69 Å². The van der Waals surface area contributed by atoms with Crippen LogP contribution >= 0.6 is 0 Å². The maximum absolute atomic E-state index is 14.1. The van der Waals surface area contributed by atoms with E-state index < -0.39 is 41.9 Å². The highest BCUT2D eigenvalue weighted by Gasteiger charge is 2.35. The molecule has 0 atom stereocenters. The second-order valence-electron chi connectivity index (χ2n) is 6.92. The van der Waals surface area contributed by atoms with E-state index in [0.717, 1.165) is 22.9 Å². The molecule has 0 spiro atoms. The first-order valence-corrected chi connectivity index (χ1v) is 9.72. The summed E-state index contributed by atoms with van der Waals surface area (Å²) in [5, 5.41) is 16.7. The first-order chi connectivity index (χ1) is 16.1. The Morgan fingerprint density at radius 1 is 1.03 bits per heavy atom. The molecule has 182 valence electrons. The number of nitrogens with zero attached hydrogens (tertiary/aromatic N) is 2. The van der Waals surface area contributed by atoms with Crippen LogP contribution in [0.1, 0.15) is 17.0 Å². The number of alkyl halides is 3. The molecule has 3 aromatic rings. The molecule has 0 fully saturated rings. The second-order valence-corrected chi connectivity index (χ2v) is 6.92. The van der Waals surface area contributed by atoms with Gasteiger partial charge in [0.15, 0.2) is 17.3 Å². The zero-order valence-corrected chi connectivity index (χ0v) is 17.3. The van der Waals surface area contributed by atoms with Gasteiger partial charge in [-0.05, 0) is 30.3 Å². The maximum Gasteiger partial charge on any atom is 0.435 e. The van der Waals surface area contributed by atoms with Crippen molar-refractivity contribution in [2.45, 2.75) is 19.3 Å². The van der Waals surface area contributed by atoms with E-state index in [1.807, 2.05) is 0 Å². The Morgan fingerprint density at radius 2 is 1.79 bits per heavy atom. The minimum Gasteiger partial charge on any atom is -0.394 e. The summed E-state index contributed by atoms with van der Waals surface area (Å²) < 4.78 is 86.0. The average Bonchev–Trinajstić information content (AvgIpc) is 3.21. The van der Waals surface area contributed by atoms with Crippen molar-refractivity contribution >= 4 is 11.7 Å². The maximum atomic E-state index is 14.1. The highest BCUT2D eigenvalue weighted by molar-refractivity contribution is 5.89. The van der Waals surface area contributed by atoms with Gasteiger partial charge in [0, 0.05) is 17.3 Å². The number of benzene rings is 2. The van der Waals surface area contributed by atoms with Crippen molar-refractivity contribution in [2.24, 2.45) is 0 Å². The number of halogens is 6. The molecule has 0 aliphatic carbocycles. The van der Waals surface area contributed by atoms with Crippen molar-refractivity contribution < 1.29 is 41.0 Å². The summed E-state index contributed by atoms with van der Waals surface area (Å²) in [4.78, 5) is 12.2. The predicted octanol–water partition coefficient (Wildman–Crippen LogP) is 4.14. The molecule has 0 saturated carbocycles. The van der Waals surface area contributed by atoms with E-state index in [1.54, 1.807) is 0 Å². The van der Waals surface area contributed by atoms with E-state index in [2.05, 4.69) is 15.7 Å². The second kappa shape index (κ2) is 10.6. The minimum atomic E-state index is -4.82. The van der Waals surface area contributed by atoms with E-state index >= 15 is 0 Å². The zero-order valence-electron chi connectivity index (χ0n) is 17.3. The summed E-state index contributed by atoms with van der Waals surface area (Å²) in [5.74, 6) is -3.16. The van der Waals surface area contributed by atoms with Crippen LogP contribution in [0.2, 0.25) is 0 Å². The van der Waals surface area contributed by atoms with E-state index in [9.17, 15) is 31.1 Å². The van der Waals surface area contributed by atoms with Gasteiger partial charge < -0.3 is 20.5 Å². The average molecular weight is 488 g/mol. The molecule has 1 aromatic heterocycles. The fraction of sp³-hybridized carbons (Fsp3) is 0.238. The first kappa shape index (κ1) is 25.1. The van der Waals surface area contributed by atoms with E-state index in [-0.39, 0.29) is 42.5 Å². The lowest BCUT2D eigenvalue weighted by Gasteiger charge is -2.11. The monoisotopic (exact) mass is 488 g/mol. The number of amides is 2. The minimum absolute atomic E-state index is 0.0268. The van der Waals surface area contributed by atoms with Crippen molar-refractivity contribution in [3.05, 3.63) is 76.9 Å². The summed E-state index contributed by atoms with van der Waals surface area (Å²) in [5.41, 5.74) is -1.40. The third-order valence-corrected chi connectivity index (χ3v) is 4.46. The standard InChI is InChI=1S/C21H18F6N4O3/c22-16-4-3-14(8-18(16)24)31-15(9-19(30-31)21(25,26)27)10-28-20(33)29-13-2-1-12(17(23)7-13)11-34-6-5-32/h1-4,7-9,32H,5-6,10-11H2,(H2,28,29,33). The molecular weight excluding hydrogens is 470 g/mol. The fourth-order valence-electron chi connectivity index (χ4n) is 2.86. The van der Waals surface area contributed by atoms with Crippen LogP contribution in [-0.2, 0) is 24.1 Å². The van der Waals surface area contributed by atoms with Gasteiger partial charge in [-0.25, -0.2) is 22.6 Å². The number of hydrogen-bond donors (Lipinski definition) is 3. The number of carbonyl (C=O) groups excluding carboxylic acids is 1. The largest absolute Gasteiger partial charge is 0.435 e. The lowest BCUT2D eigenvalue weighted by molar-refractivity contribution is -0.141. The number of hydrogen-bond acceptors (Lipinski definition) is 4. The number of rotatable bonds is 8. The zero-order chi connectivity index (χ0) is 24.9. The van der Waals surface area contributed by atoms with E-state index in [1.165, 1.54) is 12.1 Å². The van der Waals surface area contributed by atoms with E-state index in [4.69, 9.17) is 9.84 Å². The molecule has 0 unspecified atom stereocenters. The van der Waals surface area contributed by atoms with Gasteiger partial charge >= 0.3 is 12.2 Å². The van der Waals surface area contributed by atoms with Gasteiger partial charge in [-0.2, -0.15) is 18.3 Å². The Hall–Kier alpha value is -3.58. The molecule has 13 heteroatoms. The number of aliphatic hydroxyl groups excluding tert-OH is 1. The Labute approximate surface area is 189 Å². The lowest BCUT2D eigenvalue weighted by Crippen LogP contribution is -2.29. The Bertz CT molecular complexity index is 1170. The molecule has 0 aliphatic rings. The van der Waals surface area contributed by atoms with Crippen LogP contribution < -0.4 is 10.6 Å². The molecule has 1 heterocycles. The lowest BCUT2D eigenvalue weighted by atomic mass is 10.2. The highest BCUT2D eigenvalue weighted by Crippen LogP contribution is 2.30. The molecule has 0 radical (unpaired) electrons. The van der Waals surface area contributed by atoms with Crippen LogP contribution in [-0.4, -0.2) is 34.1 Å². The topological polar surface area (TPSA) is 88.4 Å². The van der Waals surface area contributed by atoms with Crippen molar-refractivity contribution in [3.63, 3.8) is 0 Å². The van der Waals surface area contributed by atoms with Gasteiger partial charge in [0.05, 0.1) is 37.7 Å². The number of ether oxygens (including phenoxy) is 1. The summed E-state index contributed by atoms with van der Waals surface area (Å²) in [6, 6.07) is 5.98. The van der Waals surface area contributed by atoms with E-state index in [0.29, 0.717) is 12.1 Å². The molecule has 2 amide bonds. The molecule has 3 N–H and O–H groups in total. The Balaban J connectivity index is 1.72. The van der Waals surface area contributed by atoms with Crippen LogP contribution in [0.5, 0.6) is 0 Å². The molecule has 34 heavy (non-hydrogen) atoms. The van der Waals surface area contributed by atoms with Gasteiger partial charge in [0.2, 0.25) is 0 Å². The third-order valence-electron chi connectivity index (χ3n) is 4.46. The summed E-state index contributed by atoms with van der Waals surface area (Å²) in [7, 11) is 0. The van der Waals surface area contributed by atoms with Crippen molar-refractivity contribution in [1.82, 2.24) is 15.1 Å². The first-order valence-electron chi connectivity index (χ1n) is 9.72. The number of anilines is 1. The van der Waals surface area contributed by atoms with Crippen LogP contribution in [0.3, 0.4) is 0 Å². The summed E-state index contributed by atoms with van der Waals surface area (Å²) >= 11 is 0. The Morgan fingerprint density at radius 3 is 2.44 bits per heavy atom. The molecular formula is C21H18F6N4O3. The smallest absolute Gasteiger partial charge is 0.394 e. The summed E-state index contributed by atoms with van der Waals surface area (Å²) in [6.07, 6.45) is -4.82. The van der Waals surface area contributed by atoms with Crippen LogP contribution in [0.15, 0.2) is 42.5 Å². The Kier molecular flexibility index (Phi) is 7.79. The third kappa shape index (κ3) is 6.26. The van der Waals surface area contributed by atoms with Crippen LogP contribution in [0.4, 0.5) is 36.8 Å². The highest BCUT2D eigenvalue weighted by atomic mass is 19.4. The van der Waals surface area contributed by atoms with Crippen LogP contribution in [0, 0.1) is 17.5 Å². The number of aliphatic hydroxyl groups is 1. The van der Waals surface area contributed by atoms with Crippen molar-refractivity contribution in [2.75, 3.05) is 18.5 Å². The number of nitrogens with one attached hydrogen (secondary N) is 2. The van der Waals surface area contributed by atoms with Gasteiger partial charge in [-0.1, -0.05) is 6.07 Å². The SMILES string of the molecule is O=C(NCc1cc(C(F)(F)F)nn1-c1ccc(F)c(F)c1)Nc1ccc(COCCO)c(F)c1. The fourth-order valence-corrected chi connectivity index (χ4v) is 2.86. The van der Waals surface area contributed by atoms with Crippen molar-refractivity contribution in [1.29, 1.82) is 0 Å². The normalized spacial score (nSPS) is 11.5. The number of aromatic nitrogens is 2. The van der Waals surface area contributed by atoms with Gasteiger partial charge in [0.1, 0.15) is 5.82 Å². The van der Waals surface area contributed by atoms with Crippen molar-refractivity contribution in [3.8, 4) is 5.69 Å². The number of carbonyl (C=O) groups is 1. The molecule has 0 saturated heterocycles. The molecule has 7 nitrogen and oxygen atoms in total. The van der Waals surface area contributed by atoms with Gasteiger partial charge in [0.25, 0.3) is 0 Å². The van der Waals surface area contributed by atoms with Gasteiger partial charge in [-0.3, -0.25) is 0 Å². The van der Waals surface area contributed by atoms with Gasteiger partial charge in [-0.15, -0.1) is 0 Å².